The maximum absolute atomic E-state index is 13.4. The Morgan fingerprint density at radius 1 is 1.00 bits per heavy atom. The molecule has 0 aliphatic carbocycles. The van der Waals surface area contributed by atoms with Gasteiger partial charge in [0.15, 0.2) is 0 Å². The molecule has 1 atom stereocenters. The maximum atomic E-state index is 13.4. The van der Waals surface area contributed by atoms with Gasteiger partial charge in [0, 0.05) is 6.04 Å². The van der Waals surface area contributed by atoms with Gasteiger partial charge in [-0.25, -0.2) is 4.39 Å². The fraction of sp³-hybridized carbons (Fsp3) is 0.333. The third-order valence-electron chi connectivity index (χ3n) is 3.97. The van der Waals surface area contributed by atoms with Crippen LogP contribution < -0.4 is 5.32 Å². The summed E-state index contributed by atoms with van der Waals surface area (Å²) in [6, 6.07) is 11.6. The molecule has 0 saturated heterocycles. The van der Waals surface area contributed by atoms with Gasteiger partial charge in [-0.1, -0.05) is 24.3 Å². The molecule has 1 unspecified atom stereocenters. The second-order valence-corrected chi connectivity index (χ2v) is 5.42. The summed E-state index contributed by atoms with van der Waals surface area (Å²) in [5.41, 5.74) is 6.07. The lowest BCUT2D eigenvalue weighted by Crippen LogP contribution is -2.21. The van der Waals surface area contributed by atoms with Gasteiger partial charge in [0.2, 0.25) is 0 Å². The highest BCUT2D eigenvalue weighted by molar-refractivity contribution is 5.38. The molecule has 0 radical (unpaired) electrons. The Balaban J connectivity index is 2.36. The zero-order valence-corrected chi connectivity index (χ0v) is 12.6. The Labute approximate surface area is 120 Å². The number of nitrogens with one attached hydrogen (secondary N) is 1. The molecule has 2 aromatic carbocycles. The first-order chi connectivity index (χ1) is 9.52. The number of hydrogen-bond acceptors (Lipinski definition) is 1. The molecule has 0 saturated carbocycles. The minimum atomic E-state index is -0.165. The van der Waals surface area contributed by atoms with Gasteiger partial charge in [0.05, 0.1) is 0 Å². The van der Waals surface area contributed by atoms with E-state index in [1.807, 2.05) is 20.0 Å². The van der Waals surface area contributed by atoms with E-state index >= 15 is 0 Å². The molecule has 0 spiro atoms. The number of benzene rings is 2. The summed E-state index contributed by atoms with van der Waals surface area (Å²) in [6.07, 6.45) is 0.797. The number of likely N-dealkylation sites (N-methyl/N-ethyl adjacent to an activating group) is 1. The first kappa shape index (κ1) is 14.7. The first-order valence-corrected chi connectivity index (χ1v) is 7.01. The van der Waals surface area contributed by atoms with Crippen molar-refractivity contribution >= 4 is 0 Å². The SMILES string of the molecule is CNC(Cc1cc(F)ccc1C)c1c(C)cccc1C. The maximum Gasteiger partial charge on any atom is 0.123 e. The van der Waals surface area contributed by atoms with Gasteiger partial charge >= 0.3 is 0 Å². The van der Waals surface area contributed by atoms with Gasteiger partial charge in [-0.2, -0.15) is 0 Å². The Hall–Kier alpha value is -1.67. The van der Waals surface area contributed by atoms with Crippen molar-refractivity contribution in [2.24, 2.45) is 0 Å². The number of aryl methyl sites for hydroxylation is 3. The van der Waals surface area contributed by atoms with E-state index in [4.69, 9.17) is 0 Å². The van der Waals surface area contributed by atoms with Crippen molar-refractivity contribution in [1.29, 1.82) is 0 Å². The third-order valence-corrected chi connectivity index (χ3v) is 3.97. The van der Waals surface area contributed by atoms with Crippen molar-refractivity contribution in [3.8, 4) is 0 Å². The van der Waals surface area contributed by atoms with E-state index in [9.17, 15) is 4.39 Å². The van der Waals surface area contributed by atoms with Gasteiger partial charge in [-0.3, -0.25) is 0 Å². The lowest BCUT2D eigenvalue weighted by atomic mass is 9.90. The van der Waals surface area contributed by atoms with Crippen LogP contribution in [-0.4, -0.2) is 7.05 Å². The molecule has 0 heterocycles. The summed E-state index contributed by atoms with van der Waals surface area (Å²) in [7, 11) is 1.96. The molecule has 0 aromatic heterocycles. The quantitative estimate of drug-likeness (QED) is 0.876. The summed E-state index contributed by atoms with van der Waals surface area (Å²) in [6.45, 7) is 6.29. The summed E-state index contributed by atoms with van der Waals surface area (Å²) in [5, 5.41) is 3.37. The van der Waals surface area contributed by atoms with Crippen LogP contribution in [0, 0.1) is 26.6 Å². The molecule has 106 valence electrons. The average molecular weight is 271 g/mol. The van der Waals surface area contributed by atoms with Crippen LogP contribution in [0.5, 0.6) is 0 Å². The van der Waals surface area contributed by atoms with Gasteiger partial charge < -0.3 is 5.32 Å². The van der Waals surface area contributed by atoms with Crippen LogP contribution >= 0.6 is 0 Å². The van der Waals surface area contributed by atoms with Gasteiger partial charge in [0.25, 0.3) is 0 Å². The van der Waals surface area contributed by atoms with Crippen molar-refractivity contribution in [3.05, 3.63) is 70.0 Å². The average Bonchev–Trinajstić information content (AvgIpc) is 2.41. The van der Waals surface area contributed by atoms with E-state index in [-0.39, 0.29) is 11.9 Å². The summed E-state index contributed by atoms with van der Waals surface area (Å²) < 4.78 is 13.4. The van der Waals surface area contributed by atoms with Crippen LogP contribution in [0.1, 0.15) is 33.9 Å². The molecular weight excluding hydrogens is 249 g/mol. The minimum Gasteiger partial charge on any atom is -0.313 e. The van der Waals surface area contributed by atoms with E-state index < -0.39 is 0 Å². The predicted octanol–water partition coefficient (Wildman–Crippen LogP) is 4.25. The minimum absolute atomic E-state index is 0.165. The second-order valence-electron chi connectivity index (χ2n) is 5.42. The highest BCUT2D eigenvalue weighted by atomic mass is 19.1. The summed E-state index contributed by atoms with van der Waals surface area (Å²) in [5.74, 6) is -0.165. The molecule has 0 aliphatic rings. The molecule has 1 nitrogen and oxygen atoms in total. The van der Waals surface area contributed by atoms with Crippen molar-refractivity contribution < 1.29 is 4.39 Å². The monoisotopic (exact) mass is 271 g/mol. The van der Waals surface area contributed by atoms with E-state index in [0.717, 1.165) is 17.5 Å². The Kier molecular flexibility index (Phi) is 4.56. The lowest BCUT2D eigenvalue weighted by Gasteiger charge is -2.22. The first-order valence-electron chi connectivity index (χ1n) is 7.01. The molecule has 0 aliphatic heterocycles. The third kappa shape index (κ3) is 3.07. The van der Waals surface area contributed by atoms with Crippen molar-refractivity contribution in [3.63, 3.8) is 0 Å². The van der Waals surface area contributed by atoms with E-state index in [2.05, 4.69) is 37.4 Å². The normalized spacial score (nSPS) is 12.4. The summed E-state index contributed by atoms with van der Waals surface area (Å²) >= 11 is 0. The van der Waals surface area contributed by atoms with Crippen LogP contribution in [0.2, 0.25) is 0 Å². The van der Waals surface area contributed by atoms with Gasteiger partial charge in [-0.05, 0) is 74.2 Å². The van der Waals surface area contributed by atoms with Crippen molar-refractivity contribution in [2.45, 2.75) is 33.2 Å². The number of halogens is 1. The second kappa shape index (κ2) is 6.19. The highest BCUT2D eigenvalue weighted by Gasteiger charge is 2.16. The molecule has 0 amide bonds. The standard InChI is InChI=1S/C18H22FN/c1-12-8-9-16(19)10-15(12)11-17(20-4)18-13(2)6-5-7-14(18)3/h5-10,17,20H,11H2,1-4H3. The highest BCUT2D eigenvalue weighted by Crippen LogP contribution is 2.26. The molecule has 20 heavy (non-hydrogen) atoms. The van der Waals surface area contributed by atoms with E-state index in [0.29, 0.717) is 0 Å². The zero-order valence-electron chi connectivity index (χ0n) is 12.6. The van der Waals surface area contributed by atoms with Crippen LogP contribution in [0.15, 0.2) is 36.4 Å². The van der Waals surface area contributed by atoms with Gasteiger partial charge in [-0.15, -0.1) is 0 Å². The molecule has 1 N–H and O–H groups in total. The molecule has 2 heteroatoms. The van der Waals surface area contributed by atoms with Gasteiger partial charge in [0.1, 0.15) is 5.82 Å². The topological polar surface area (TPSA) is 12.0 Å². The largest absolute Gasteiger partial charge is 0.313 e. The fourth-order valence-electron chi connectivity index (χ4n) is 2.81. The number of rotatable bonds is 4. The van der Waals surface area contributed by atoms with Crippen LogP contribution in [0.3, 0.4) is 0 Å². The zero-order chi connectivity index (χ0) is 14.7. The molecular formula is C18H22FN. The van der Waals surface area contributed by atoms with E-state index in [1.165, 1.54) is 22.8 Å². The number of hydrogen-bond donors (Lipinski definition) is 1. The van der Waals surface area contributed by atoms with E-state index in [1.54, 1.807) is 6.07 Å². The fourth-order valence-corrected chi connectivity index (χ4v) is 2.81. The Morgan fingerprint density at radius 2 is 1.65 bits per heavy atom. The predicted molar refractivity (Wildman–Crippen MR) is 82.6 cm³/mol. The van der Waals surface area contributed by atoms with Crippen molar-refractivity contribution in [1.82, 2.24) is 5.32 Å². The Bertz CT molecular complexity index is 584. The van der Waals surface area contributed by atoms with Crippen LogP contribution in [-0.2, 0) is 6.42 Å². The molecule has 0 bridgehead atoms. The Morgan fingerprint density at radius 3 is 2.25 bits per heavy atom. The van der Waals surface area contributed by atoms with Crippen molar-refractivity contribution in [2.75, 3.05) is 7.05 Å². The summed E-state index contributed by atoms with van der Waals surface area (Å²) in [4.78, 5) is 0. The molecule has 2 aromatic rings. The molecule has 0 fully saturated rings. The van der Waals surface area contributed by atoms with Crippen LogP contribution in [0.25, 0.3) is 0 Å². The van der Waals surface area contributed by atoms with Crippen LogP contribution in [0.4, 0.5) is 4.39 Å². The molecule has 2 rings (SSSR count). The lowest BCUT2D eigenvalue weighted by molar-refractivity contribution is 0.577. The smallest absolute Gasteiger partial charge is 0.123 e.